The molecule has 1 heterocycles. The highest BCUT2D eigenvalue weighted by Crippen LogP contribution is 2.42. The van der Waals surface area contributed by atoms with Crippen LogP contribution in [0.3, 0.4) is 0 Å². The fraction of sp³-hybridized carbons (Fsp3) is 0.529. The molecule has 4 heteroatoms. The zero-order chi connectivity index (χ0) is 15.3. The van der Waals surface area contributed by atoms with E-state index in [4.69, 9.17) is 14.0 Å². The zero-order valence-corrected chi connectivity index (χ0v) is 13.5. The molecule has 0 saturated carbocycles. The highest BCUT2D eigenvalue weighted by Gasteiger charge is 2.52. The molecule has 0 bridgehead atoms. The van der Waals surface area contributed by atoms with Gasteiger partial charge < -0.3 is 14.0 Å². The summed E-state index contributed by atoms with van der Waals surface area (Å²) in [4.78, 5) is 0. The minimum absolute atomic E-state index is 0.304. The summed E-state index contributed by atoms with van der Waals surface area (Å²) in [5, 5.41) is 0. The molecule has 0 atom stereocenters. The molecule has 0 N–H and O–H groups in total. The Morgan fingerprint density at radius 3 is 2.38 bits per heavy atom. The lowest BCUT2D eigenvalue weighted by Gasteiger charge is -2.32. The standard InChI is InChI=1S/C17H23BO3/c1-16(2)17(3,4)21-18(20-16)15-8-6-7-12-9-10-13(19-5)11-14(12)15/h8-11H,6-7H2,1-5H3. The molecule has 112 valence electrons. The molecule has 0 unspecified atom stereocenters. The summed E-state index contributed by atoms with van der Waals surface area (Å²) < 4.78 is 17.8. The molecule has 1 saturated heterocycles. The normalized spacial score (nSPS) is 22.7. The lowest BCUT2D eigenvalue weighted by molar-refractivity contribution is 0.00578. The molecule has 2 aliphatic rings. The van der Waals surface area contributed by atoms with Gasteiger partial charge in [-0.15, -0.1) is 0 Å². The minimum atomic E-state index is -0.311. The second kappa shape index (κ2) is 4.89. The van der Waals surface area contributed by atoms with E-state index >= 15 is 0 Å². The Hall–Kier alpha value is -1.26. The van der Waals surface area contributed by atoms with Gasteiger partial charge in [-0.05, 0) is 69.3 Å². The molecule has 1 aliphatic carbocycles. The van der Waals surface area contributed by atoms with Crippen LogP contribution in [-0.4, -0.2) is 25.4 Å². The molecule has 3 rings (SSSR count). The number of benzene rings is 1. The van der Waals surface area contributed by atoms with Crippen LogP contribution in [0.5, 0.6) is 5.75 Å². The van der Waals surface area contributed by atoms with E-state index in [1.165, 1.54) is 11.1 Å². The Labute approximate surface area is 127 Å². The lowest BCUT2D eigenvalue weighted by Crippen LogP contribution is -2.41. The van der Waals surface area contributed by atoms with Crippen molar-refractivity contribution < 1.29 is 14.0 Å². The second-order valence-electron chi connectivity index (χ2n) is 6.81. The summed E-state index contributed by atoms with van der Waals surface area (Å²) in [6.45, 7) is 8.34. The van der Waals surface area contributed by atoms with Gasteiger partial charge in [0.25, 0.3) is 0 Å². The number of hydrogen-bond acceptors (Lipinski definition) is 3. The highest BCUT2D eigenvalue weighted by atomic mass is 16.7. The molecule has 0 amide bonds. The monoisotopic (exact) mass is 286 g/mol. The molecular weight excluding hydrogens is 263 g/mol. The van der Waals surface area contributed by atoms with E-state index < -0.39 is 0 Å². The van der Waals surface area contributed by atoms with E-state index in [1.807, 2.05) is 6.07 Å². The Balaban J connectivity index is 1.97. The van der Waals surface area contributed by atoms with E-state index in [0.29, 0.717) is 0 Å². The van der Waals surface area contributed by atoms with Crippen molar-refractivity contribution >= 4 is 12.6 Å². The second-order valence-corrected chi connectivity index (χ2v) is 6.81. The minimum Gasteiger partial charge on any atom is -0.497 e. The van der Waals surface area contributed by atoms with Crippen molar-refractivity contribution in [1.29, 1.82) is 0 Å². The predicted octanol–water partition coefficient (Wildman–Crippen LogP) is 3.66. The van der Waals surface area contributed by atoms with Gasteiger partial charge in [-0.1, -0.05) is 12.1 Å². The highest BCUT2D eigenvalue weighted by molar-refractivity contribution is 6.69. The average Bonchev–Trinajstić information content (AvgIpc) is 2.66. The first-order chi connectivity index (χ1) is 9.84. The van der Waals surface area contributed by atoms with Gasteiger partial charge in [0, 0.05) is 0 Å². The van der Waals surface area contributed by atoms with Crippen molar-refractivity contribution in [2.75, 3.05) is 7.11 Å². The molecule has 0 aromatic heterocycles. The smallest absolute Gasteiger partial charge is 0.495 e. The SMILES string of the molecule is COc1ccc2c(c1)C(B1OC(C)(C)C(C)(C)O1)=CCC2. The van der Waals surface area contributed by atoms with Crippen molar-refractivity contribution in [1.82, 2.24) is 0 Å². The van der Waals surface area contributed by atoms with Crippen LogP contribution < -0.4 is 4.74 Å². The third kappa shape index (κ3) is 2.41. The van der Waals surface area contributed by atoms with Gasteiger partial charge in [0.2, 0.25) is 0 Å². The number of methoxy groups -OCH3 is 1. The van der Waals surface area contributed by atoms with Crippen LogP contribution in [0.4, 0.5) is 0 Å². The zero-order valence-electron chi connectivity index (χ0n) is 13.5. The maximum atomic E-state index is 6.20. The average molecular weight is 286 g/mol. The maximum Gasteiger partial charge on any atom is 0.495 e. The van der Waals surface area contributed by atoms with Crippen LogP contribution in [0, 0.1) is 0 Å². The fourth-order valence-electron chi connectivity index (χ4n) is 2.86. The third-order valence-electron chi connectivity index (χ3n) is 4.91. The molecule has 1 fully saturated rings. The molecule has 3 nitrogen and oxygen atoms in total. The third-order valence-corrected chi connectivity index (χ3v) is 4.91. The first-order valence-corrected chi connectivity index (χ1v) is 7.57. The van der Waals surface area contributed by atoms with Crippen LogP contribution in [0.25, 0.3) is 5.47 Å². The van der Waals surface area contributed by atoms with E-state index in [2.05, 4.69) is 45.9 Å². The van der Waals surface area contributed by atoms with Crippen LogP contribution >= 0.6 is 0 Å². The van der Waals surface area contributed by atoms with E-state index in [0.717, 1.165) is 24.1 Å². The Bertz CT molecular complexity index is 574. The van der Waals surface area contributed by atoms with Gasteiger partial charge >= 0.3 is 7.12 Å². The molecule has 1 aliphatic heterocycles. The molecule has 0 spiro atoms. The van der Waals surface area contributed by atoms with Gasteiger partial charge in [0.15, 0.2) is 0 Å². The van der Waals surface area contributed by atoms with Gasteiger partial charge in [-0.2, -0.15) is 0 Å². The number of rotatable bonds is 2. The quantitative estimate of drug-likeness (QED) is 0.777. The molecule has 0 radical (unpaired) electrons. The largest absolute Gasteiger partial charge is 0.497 e. The number of aryl methyl sites for hydroxylation is 1. The fourth-order valence-corrected chi connectivity index (χ4v) is 2.86. The van der Waals surface area contributed by atoms with Crippen molar-refractivity contribution in [2.45, 2.75) is 51.7 Å². The topological polar surface area (TPSA) is 27.7 Å². The maximum absolute atomic E-state index is 6.20. The Kier molecular flexibility index (Phi) is 3.42. The van der Waals surface area contributed by atoms with Gasteiger partial charge in [0.1, 0.15) is 5.75 Å². The predicted molar refractivity (Wildman–Crippen MR) is 85.4 cm³/mol. The van der Waals surface area contributed by atoms with Crippen molar-refractivity contribution in [3.05, 3.63) is 35.4 Å². The van der Waals surface area contributed by atoms with E-state index in [1.54, 1.807) is 7.11 Å². The van der Waals surface area contributed by atoms with Gasteiger partial charge in [0.05, 0.1) is 18.3 Å². The van der Waals surface area contributed by atoms with Crippen molar-refractivity contribution in [3.8, 4) is 5.75 Å². The molecule has 1 aromatic rings. The van der Waals surface area contributed by atoms with Crippen LogP contribution in [-0.2, 0) is 15.7 Å². The number of ether oxygens (including phenoxy) is 1. The summed E-state index contributed by atoms with van der Waals surface area (Å²) in [6, 6.07) is 6.25. The summed E-state index contributed by atoms with van der Waals surface area (Å²) >= 11 is 0. The summed E-state index contributed by atoms with van der Waals surface area (Å²) in [5.74, 6) is 0.873. The van der Waals surface area contributed by atoms with E-state index in [9.17, 15) is 0 Å². The van der Waals surface area contributed by atoms with E-state index in [-0.39, 0.29) is 18.3 Å². The first-order valence-electron chi connectivity index (χ1n) is 7.57. The number of fused-ring (bicyclic) bond motifs is 1. The summed E-state index contributed by atoms with van der Waals surface area (Å²) in [6.07, 6.45) is 4.32. The van der Waals surface area contributed by atoms with Crippen LogP contribution in [0.15, 0.2) is 24.3 Å². The van der Waals surface area contributed by atoms with Crippen molar-refractivity contribution in [3.63, 3.8) is 0 Å². The van der Waals surface area contributed by atoms with Gasteiger partial charge in [-0.3, -0.25) is 0 Å². The Morgan fingerprint density at radius 1 is 1.10 bits per heavy atom. The van der Waals surface area contributed by atoms with Gasteiger partial charge in [-0.25, -0.2) is 0 Å². The number of hydrogen-bond donors (Lipinski definition) is 0. The number of allylic oxidation sites excluding steroid dienone is 1. The van der Waals surface area contributed by atoms with Crippen molar-refractivity contribution in [2.24, 2.45) is 0 Å². The first kappa shape index (κ1) is 14.7. The summed E-state index contributed by atoms with van der Waals surface area (Å²) in [7, 11) is 1.39. The van der Waals surface area contributed by atoms with Crippen LogP contribution in [0.1, 0.15) is 45.2 Å². The lowest BCUT2D eigenvalue weighted by atomic mass is 9.69. The molecule has 1 aromatic carbocycles. The van der Waals surface area contributed by atoms with Crippen LogP contribution in [0.2, 0.25) is 0 Å². The Morgan fingerprint density at radius 2 is 1.76 bits per heavy atom. The molecular formula is C17H23BO3. The molecule has 21 heavy (non-hydrogen) atoms. The summed E-state index contributed by atoms with van der Waals surface area (Å²) in [5.41, 5.74) is 3.04.